The van der Waals surface area contributed by atoms with Crippen LogP contribution in [0.2, 0.25) is 0 Å². The number of carboxylic acids is 1. The molecule has 6 nitrogen and oxygen atoms in total. The third-order valence-electron chi connectivity index (χ3n) is 4.51. The Hall–Kier alpha value is -1.83. The van der Waals surface area contributed by atoms with Crippen LogP contribution in [0, 0.1) is 6.92 Å². The number of nitrogens with zero attached hydrogens (tertiary/aromatic N) is 2. The lowest BCUT2D eigenvalue weighted by atomic mass is 10.1. The van der Waals surface area contributed by atoms with Gasteiger partial charge < -0.3 is 15.0 Å². The molecular weight excluding hydrogens is 314 g/mol. The third-order valence-corrected chi connectivity index (χ3v) is 5.86. The monoisotopic (exact) mass is 331 g/mol. The zero-order chi connectivity index (χ0) is 16.1. The predicted molar refractivity (Wildman–Crippen MR) is 89.2 cm³/mol. The molecule has 0 amide bonds. The molecule has 0 aliphatic carbocycles. The summed E-state index contributed by atoms with van der Waals surface area (Å²) in [7, 11) is 0. The van der Waals surface area contributed by atoms with Gasteiger partial charge in [-0.2, -0.15) is 0 Å². The number of carbonyl (C=O) groups is 1. The highest BCUT2D eigenvalue weighted by Crippen LogP contribution is 2.48. The molecular formula is C16H17N3O3S. The second-order valence-corrected chi connectivity index (χ2v) is 6.93. The fourth-order valence-electron chi connectivity index (χ4n) is 3.37. The number of carboxylic acid groups (broad SMARTS) is 1. The first-order valence-electron chi connectivity index (χ1n) is 7.62. The van der Waals surface area contributed by atoms with Crippen LogP contribution >= 0.6 is 11.8 Å². The maximum absolute atomic E-state index is 12.6. The van der Waals surface area contributed by atoms with Crippen molar-refractivity contribution in [3.05, 3.63) is 39.5 Å². The Labute approximate surface area is 137 Å². The van der Waals surface area contributed by atoms with Crippen LogP contribution in [0.1, 0.15) is 21.4 Å². The maximum Gasteiger partial charge on any atom is 0.342 e. The summed E-state index contributed by atoms with van der Waals surface area (Å²) < 4.78 is 2.02. The van der Waals surface area contributed by atoms with Crippen LogP contribution in [0.15, 0.2) is 28.0 Å². The number of thioether (sulfide) groups is 1. The highest BCUT2D eigenvalue weighted by atomic mass is 32.2. The first kappa shape index (κ1) is 14.7. The zero-order valence-corrected chi connectivity index (χ0v) is 13.5. The minimum absolute atomic E-state index is 0.0649. The smallest absolute Gasteiger partial charge is 0.342 e. The molecule has 2 aromatic rings. The van der Waals surface area contributed by atoms with Gasteiger partial charge in [-0.3, -0.25) is 9.69 Å². The standard InChI is InChI=1S/C16H17N3O3S/c1-9-3-2-4-10-11(9)13(20)12(15(21)22)14-19(10)16(23-14)18-7-5-17-6-8-18/h2-4,16-17H,5-8H2,1H3,(H,21,22). The van der Waals surface area contributed by atoms with Gasteiger partial charge in [0.05, 0.1) is 10.5 Å². The second-order valence-electron chi connectivity index (χ2n) is 5.88. The first-order valence-corrected chi connectivity index (χ1v) is 8.50. The zero-order valence-electron chi connectivity index (χ0n) is 12.7. The van der Waals surface area contributed by atoms with E-state index in [1.807, 2.05) is 29.7 Å². The number of pyridine rings is 1. The van der Waals surface area contributed by atoms with Gasteiger partial charge >= 0.3 is 5.97 Å². The van der Waals surface area contributed by atoms with Crippen LogP contribution in [0.4, 0.5) is 0 Å². The van der Waals surface area contributed by atoms with Crippen molar-refractivity contribution >= 4 is 28.6 Å². The Bertz CT molecular complexity index is 871. The van der Waals surface area contributed by atoms with E-state index in [-0.39, 0.29) is 16.5 Å². The molecule has 7 heteroatoms. The van der Waals surface area contributed by atoms with Crippen LogP contribution in [-0.2, 0) is 0 Å². The minimum atomic E-state index is -1.14. The van der Waals surface area contributed by atoms with Crippen molar-refractivity contribution in [1.29, 1.82) is 0 Å². The average molecular weight is 331 g/mol. The lowest BCUT2D eigenvalue weighted by Gasteiger charge is -2.43. The summed E-state index contributed by atoms with van der Waals surface area (Å²) in [5, 5.41) is 13.9. The number of rotatable bonds is 2. The Morgan fingerprint density at radius 1 is 1.35 bits per heavy atom. The molecule has 1 aromatic carbocycles. The van der Waals surface area contributed by atoms with Crippen LogP contribution in [0.25, 0.3) is 10.9 Å². The fourth-order valence-corrected chi connectivity index (χ4v) is 4.70. The Kier molecular flexibility index (Phi) is 3.44. The summed E-state index contributed by atoms with van der Waals surface area (Å²) in [6, 6.07) is 5.68. The number of benzene rings is 1. The summed E-state index contributed by atoms with van der Waals surface area (Å²) >= 11 is 1.48. The van der Waals surface area contributed by atoms with Crippen molar-refractivity contribution in [1.82, 2.24) is 14.8 Å². The number of aryl methyl sites for hydroxylation is 1. The lowest BCUT2D eigenvalue weighted by molar-refractivity contribution is 0.0686. The maximum atomic E-state index is 12.6. The van der Waals surface area contributed by atoms with Gasteiger partial charge in [0.15, 0.2) is 0 Å². The van der Waals surface area contributed by atoms with E-state index in [0.717, 1.165) is 37.3 Å². The van der Waals surface area contributed by atoms with Gasteiger partial charge in [-0.25, -0.2) is 4.79 Å². The molecule has 2 N–H and O–H groups in total. The number of aromatic nitrogens is 1. The fraction of sp³-hybridized carbons (Fsp3) is 0.375. The van der Waals surface area contributed by atoms with Gasteiger partial charge in [0, 0.05) is 31.6 Å². The molecule has 1 unspecified atom stereocenters. The van der Waals surface area contributed by atoms with E-state index >= 15 is 0 Å². The summed E-state index contributed by atoms with van der Waals surface area (Å²) in [5.41, 5.74) is 1.25. The largest absolute Gasteiger partial charge is 0.477 e. The van der Waals surface area contributed by atoms with Crippen LogP contribution in [-0.4, -0.2) is 46.7 Å². The number of hydrogen-bond donors (Lipinski definition) is 2. The highest BCUT2D eigenvalue weighted by Gasteiger charge is 2.38. The van der Waals surface area contributed by atoms with Gasteiger partial charge in [0.2, 0.25) is 5.43 Å². The van der Waals surface area contributed by atoms with E-state index in [2.05, 4.69) is 10.2 Å². The van der Waals surface area contributed by atoms with Gasteiger partial charge in [0.1, 0.15) is 11.1 Å². The summed E-state index contributed by atoms with van der Waals surface area (Å²) in [6.45, 7) is 5.54. The molecule has 1 aromatic heterocycles. The van der Waals surface area contributed by atoms with E-state index in [4.69, 9.17) is 0 Å². The molecule has 0 radical (unpaired) electrons. The van der Waals surface area contributed by atoms with Crippen molar-refractivity contribution in [3.63, 3.8) is 0 Å². The van der Waals surface area contributed by atoms with E-state index < -0.39 is 5.97 Å². The topological polar surface area (TPSA) is 74.6 Å². The number of piperazine rings is 1. The van der Waals surface area contributed by atoms with Crippen molar-refractivity contribution in [2.24, 2.45) is 0 Å². The molecule has 1 fully saturated rings. The van der Waals surface area contributed by atoms with Gasteiger partial charge in [-0.15, -0.1) is 0 Å². The lowest BCUT2D eigenvalue weighted by Crippen LogP contribution is -2.48. The van der Waals surface area contributed by atoms with E-state index in [9.17, 15) is 14.7 Å². The molecule has 1 atom stereocenters. The number of fused-ring (bicyclic) bond motifs is 3. The SMILES string of the molecule is Cc1cccc2c1c(=O)c(C(=O)O)c1n2C(N2CCNCC2)S1. The van der Waals surface area contributed by atoms with Gasteiger partial charge in [-0.1, -0.05) is 23.9 Å². The predicted octanol–water partition coefficient (Wildman–Crippen LogP) is 1.48. The number of aromatic carboxylic acids is 1. The van der Waals surface area contributed by atoms with Crippen LogP contribution in [0.3, 0.4) is 0 Å². The Balaban J connectivity index is 1.96. The van der Waals surface area contributed by atoms with Crippen molar-refractivity contribution in [2.75, 3.05) is 26.2 Å². The summed E-state index contributed by atoms with van der Waals surface area (Å²) in [6.07, 6.45) is 0. The quantitative estimate of drug-likeness (QED) is 0.868. The van der Waals surface area contributed by atoms with E-state index in [0.29, 0.717) is 10.4 Å². The number of hydrogen-bond acceptors (Lipinski definition) is 5. The number of nitrogens with one attached hydrogen (secondary N) is 1. The van der Waals surface area contributed by atoms with Crippen molar-refractivity contribution < 1.29 is 9.90 Å². The Morgan fingerprint density at radius 3 is 2.78 bits per heavy atom. The normalized spacial score (nSPS) is 21.0. The molecule has 4 rings (SSSR count). The molecule has 0 spiro atoms. The van der Waals surface area contributed by atoms with Crippen LogP contribution < -0.4 is 10.7 Å². The molecule has 23 heavy (non-hydrogen) atoms. The molecule has 0 bridgehead atoms. The van der Waals surface area contributed by atoms with Crippen molar-refractivity contribution in [3.8, 4) is 0 Å². The van der Waals surface area contributed by atoms with Gasteiger partial charge in [0.25, 0.3) is 0 Å². The van der Waals surface area contributed by atoms with E-state index in [1.54, 1.807) is 0 Å². The van der Waals surface area contributed by atoms with Gasteiger partial charge in [-0.05, 0) is 18.6 Å². The van der Waals surface area contributed by atoms with E-state index in [1.165, 1.54) is 11.8 Å². The summed E-state index contributed by atoms with van der Waals surface area (Å²) in [5.74, 6) is -1.14. The van der Waals surface area contributed by atoms with Crippen LogP contribution in [0.5, 0.6) is 0 Å². The molecule has 2 aliphatic rings. The Morgan fingerprint density at radius 2 is 2.09 bits per heavy atom. The molecule has 2 aliphatic heterocycles. The second kappa shape index (κ2) is 5.36. The summed E-state index contributed by atoms with van der Waals surface area (Å²) in [4.78, 5) is 26.6. The molecule has 3 heterocycles. The van der Waals surface area contributed by atoms with Crippen molar-refractivity contribution in [2.45, 2.75) is 17.4 Å². The third kappa shape index (κ3) is 2.11. The average Bonchev–Trinajstić information content (AvgIpc) is 2.50. The minimum Gasteiger partial charge on any atom is -0.477 e. The molecule has 1 saturated heterocycles. The highest BCUT2D eigenvalue weighted by molar-refractivity contribution is 8.00. The molecule has 0 saturated carbocycles. The first-order chi connectivity index (χ1) is 11.1. The molecule has 120 valence electrons.